The average molecular weight is 260 g/mol. The maximum Gasteiger partial charge on any atom is 0.416 e. The zero-order valence-electron chi connectivity index (χ0n) is 7.91. The molecule has 16 heavy (non-hydrogen) atoms. The Balaban J connectivity index is 3.33. The van der Waals surface area contributed by atoms with E-state index in [1.54, 1.807) is 0 Å². The summed E-state index contributed by atoms with van der Waals surface area (Å²) >= 11 is 0.829. The lowest BCUT2D eigenvalue weighted by molar-refractivity contribution is -0.143. The Labute approximate surface area is 91.6 Å². The molecule has 0 aliphatic rings. The molecule has 0 amide bonds. The summed E-state index contributed by atoms with van der Waals surface area (Å²) in [7, 11) is 0. The summed E-state index contributed by atoms with van der Waals surface area (Å²) in [6, 6.07) is 1.50. The maximum absolute atomic E-state index is 12.3. The smallest absolute Gasteiger partial charge is 0.166 e. The highest BCUT2D eigenvalue weighted by Crippen LogP contribution is 2.37. The Kier molecular flexibility index (Phi) is 3.47. The van der Waals surface area contributed by atoms with Crippen LogP contribution in [0.4, 0.5) is 26.3 Å². The van der Waals surface area contributed by atoms with Crippen LogP contribution in [0.25, 0.3) is 0 Å². The van der Waals surface area contributed by atoms with E-state index in [1.165, 1.54) is 6.26 Å². The first-order chi connectivity index (χ1) is 7.14. The monoisotopic (exact) mass is 260 g/mol. The molecule has 90 valence electrons. The molecule has 0 aliphatic carbocycles. The Bertz CT molecular complexity index is 346. The molecule has 0 saturated heterocycles. The first-order valence-corrected chi connectivity index (χ1v) is 5.20. The lowest BCUT2D eigenvalue weighted by Crippen LogP contribution is -2.10. The second-order valence-corrected chi connectivity index (χ2v) is 3.83. The summed E-state index contributed by atoms with van der Waals surface area (Å²) in [5.74, 6) is 0. The predicted octanol–water partition coefficient (Wildman–Crippen LogP) is 4.45. The second kappa shape index (κ2) is 4.20. The van der Waals surface area contributed by atoms with E-state index in [1.807, 2.05) is 0 Å². The van der Waals surface area contributed by atoms with Crippen LogP contribution >= 0.6 is 11.8 Å². The molecule has 1 aromatic carbocycles. The van der Waals surface area contributed by atoms with Gasteiger partial charge in [-0.15, -0.1) is 11.8 Å². The molecule has 7 heteroatoms. The lowest BCUT2D eigenvalue weighted by atomic mass is 10.1. The summed E-state index contributed by atoms with van der Waals surface area (Å²) in [5.41, 5.74) is -2.57. The van der Waals surface area contributed by atoms with Crippen LogP contribution < -0.4 is 0 Å². The largest absolute Gasteiger partial charge is 0.416 e. The van der Waals surface area contributed by atoms with Gasteiger partial charge in [-0.05, 0) is 24.5 Å². The van der Waals surface area contributed by atoms with E-state index in [0.29, 0.717) is 12.1 Å². The molecular weight excluding hydrogens is 254 g/mol. The predicted molar refractivity (Wildman–Crippen MR) is 48.2 cm³/mol. The van der Waals surface area contributed by atoms with E-state index in [9.17, 15) is 26.3 Å². The first-order valence-electron chi connectivity index (χ1n) is 3.98. The van der Waals surface area contributed by atoms with Crippen molar-refractivity contribution in [3.63, 3.8) is 0 Å². The summed E-state index contributed by atoms with van der Waals surface area (Å²) in [4.78, 5) is -0.0675. The lowest BCUT2D eigenvalue weighted by Gasteiger charge is -2.13. The van der Waals surface area contributed by atoms with Crippen LogP contribution in [0.2, 0.25) is 0 Å². The molecule has 0 fully saturated rings. The topological polar surface area (TPSA) is 0 Å². The molecule has 0 bridgehead atoms. The van der Waals surface area contributed by atoms with Gasteiger partial charge in [0, 0.05) is 4.90 Å². The summed E-state index contributed by atoms with van der Waals surface area (Å²) < 4.78 is 73.8. The molecule has 0 heterocycles. The molecule has 0 aromatic heterocycles. The minimum atomic E-state index is -4.77. The SMILES string of the molecule is CSc1cc(C(F)(F)F)cc(C(F)(F)F)c1. The zero-order chi connectivity index (χ0) is 12.6. The number of alkyl halides is 6. The molecule has 0 aliphatic heterocycles. The van der Waals surface area contributed by atoms with Crippen molar-refractivity contribution in [3.05, 3.63) is 29.3 Å². The molecule has 0 saturated carbocycles. The number of hydrogen-bond acceptors (Lipinski definition) is 1. The van der Waals surface area contributed by atoms with Gasteiger partial charge in [-0.2, -0.15) is 26.3 Å². The van der Waals surface area contributed by atoms with E-state index in [0.717, 1.165) is 11.8 Å². The van der Waals surface area contributed by atoms with Gasteiger partial charge in [0.1, 0.15) is 0 Å². The van der Waals surface area contributed by atoms with Crippen LogP contribution in [0.15, 0.2) is 23.1 Å². The minimum Gasteiger partial charge on any atom is -0.166 e. The van der Waals surface area contributed by atoms with Gasteiger partial charge >= 0.3 is 12.4 Å². The van der Waals surface area contributed by atoms with Crippen molar-refractivity contribution in [1.29, 1.82) is 0 Å². The third kappa shape index (κ3) is 3.07. The van der Waals surface area contributed by atoms with Crippen LogP contribution in [0.1, 0.15) is 11.1 Å². The molecule has 1 aromatic rings. The first kappa shape index (κ1) is 13.2. The molecule has 0 N–H and O–H groups in total. The highest BCUT2D eigenvalue weighted by molar-refractivity contribution is 7.98. The standard InChI is InChI=1S/C9H6F6S/c1-16-7-3-5(8(10,11)12)2-6(4-7)9(13,14)15/h2-4H,1H3. The summed E-state index contributed by atoms with van der Waals surface area (Å²) in [6.45, 7) is 0. The van der Waals surface area contributed by atoms with E-state index >= 15 is 0 Å². The van der Waals surface area contributed by atoms with Crippen LogP contribution in [-0.2, 0) is 12.4 Å². The second-order valence-electron chi connectivity index (χ2n) is 2.95. The maximum atomic E-state index is 12.3. The van der Waals surface area contributed by atoms with Crippen molar-refractivity contribution in [1.82, 2.24) is 0 Å². The quantitative estimate of drug-likeness (QED) is 0.531. The number of rotatable bonds is 1. The van der Waals surface area contributed by atoms with Crippen molar-refractivity contribution in [2.75, 3.05) is 6.26 Å². The van der Waals surface area contributed by atoms with Gasteiger partial charge in [-0.25, -0.2) is 0 Å². The fourth-order valence-corrected chi connectivity index (χ4v) is 1.53. The van der Waals surface area contributed by atoms with Crippen molar-refractivity contribution < 1.29 is 26.3 Å². The molecule has 0 atom stereocenters. The molecule has 0 unspecified atom stereocenters. The fourth-order valence-electron chi connectivity index (χ4n) is 1.04. The summed E-state index contributed by atoms with van der Waals surface area (Å²) in [6.07, 6.45) is -8.13. The highest BCUT2D eigenvalue weighted by Gasteiger charge is 2.36. The van der Waals surface area contributed by atoms with E-state index in [4.69, 9.17) is 0 Å². The van der Waals surface area contributed by atoms with Gasteiger partial charge in [0.2, 0.25) is 0 Å². The zero-order valence-corrected chi connectivity index (χ0v) is 8.72. The van der Waals surface area contributed by atoms with Crippen molar-refractivity contribution in [2.45, 2.75) is 17.2 Å². The van der Waals surface area contributed by atoms with E-state index in [2.05, 4.69) is 0 Å². The van der Waals surface area contributed by atoms with Gasteiger partial charge < -0.3 is 0 Å². The fraction of sp³-hybridized carbons (Fsp3) is 0.333. The highest BCUT2D eigenvalue weighted by atomic mass is 32.2. The number of halogens is 6. The van der Waals surface area contributed by atoms with Crippen LogP contribution in [0.5, 0.6) is 0 Å². The Hall–Kier alpha value is -0.850. The van der Waals surface area contributed by atoms with Crippen LogP contribution in [-0.4, -0.2) is 6.26 Å². The van der Waals surface area contributed by atoms with Crippen LogP contribution in [0.3, 0.4) is 0 Å². The Morgan fingerprint density at radius 2 is 1.19 bits per heavy atom. The van der Waals surface area contributed by atoms with Gasteiger partial charge in [-0.3, -0.25) is 0 Å². The molecular formula is C9H6F6S. The third-order valence-electron chi connectivity index (χ3n) is 1.80. The molecule has 1 rings (SSSR count). The van der Waals surface area contributed by atoms with E-state index < -0.39 is 23.5 Å². The van der Waals surface area contributed by atoms with Gasteiger partial charge in [0.05, 0.1) is 11.1 Å². The van der Waals surface area contributed by atoms with Crippen molar-refractivity contribution in [3.8, 4) is 0 Å². The Morgan fingerprint density at radius 1 is 0.812 bits per heavy atom. The van der Waals surface area contributed by atoms with Crippen LogP contribution in [0, 0.1) is 0 Å². The normalized spacial score (nSPS) is 12.9. The van der Waals surface area contributed by atoms with Gasteiger partial charge in [-0.1, -0.05) is 0 Å². The van der Waals surface area contributed by atoms with Gasteiger partial charge in [0.25, 0.3) is 0 Å². The van der Waals surface area contributed by atoms with Gasteiger partial charge in [0.15, 0.2) is 0 Å². The molecule has 0 radical (unpaired) electrons. The Morgan fingerprint density at radius 3 is 1.44 bits per heavy atom. The van der Waals surface area contributed by atoms with Crippen molar-refractivity contribution >= 4 is 11.8 Å². The minimum absolute atomic E-state index is 0.0675. The third-order valence-corrected chi connectivity index (χ3v) is 2.50. The number of thioether (sulfide) groups is 1. The number of benzene rings is 1. The summed E-state index contributed by atoms with van der Waals surface area (Å²) in [5, 5.41) is 0. The van der Waals surface area contributed by atoms with Crippen molar-refractivity contribution in [2.24, 2.45) is 0 Å². The molecule has 0 spiro atoms. The average Bonchev–Trinajstić information content (AvgIpc) is 2.14. The molecule has 0 nitrogen and oxygen atoms in total. The number of hydrogen-bond donors (Lipinski definition) is 0. The van der Waals surface area contributed by atoms with E-state index in [-0.39, 0.29) is 11.0 Å².